The lowest BCUT2D eigenvalue weighted by Gasteiger charge is -2.12. The Bertz CT molecular complexity index is 344. The van der Waals surface area contributed by atoms with Gasteiger partial charge in [0.1, 0.15) is 0 Å². The molecule has 2 rings (SSSR count). The Balaban J connectivity index is 2.00. The molecule has 0 bridgehead atoms. The molecule has 0 amide bonds. The number of hydrogen-bond donors (Lipinski definition) is 1. The summed E-state index contributed by atoms with van der Waals surface area (Å²) in [6.07, 6.45) is 5.33. The normalized spacial score (nSPS) is 16.8. The van der Waals surface area contributed by atoms with Gasteiger partial charge in [0.25, 0.3) is 0 Å². The molecular weight excluding hydrogens is 194 g/mol. The van der Waals surface area contributed by atoms with E-state index in [1.165, 1.54) is 19.0 Å². The maximum absolute atomic E-state index is 10.5. The average Bonchev–Trinajstić information content (AvgIpc) is 2.71. The molecule has 0 radical (unpaired) electrons. The van der Waals surface area contributed by atoms with E-state index < -0.39 is 5.97 Å². The lowest BCUT2D eigenvalue weighted by molar-refractivity contribution is 0.0690. The van der Waals surface area contributed by atoms with Crippen molar-refractivity contribution in [1.29, 1.82) is 0 Å². The molecule has 0 aromatic carbocycles. The molecule has 5 nitrogen and oxygen atoms in total. The van der Waals surface area contributed by atoms with Crippen molar-refractivity contribution in [3.05, 3.63) is 23.8 Å². The summed E-state index contributed by atoms with van der Waals surface area (Å²) in [5.74, 6) is -1.03. The Morgan fingerprint density at radius 3 is 2.60 bits per heavy atom. The number of carboxylic acid groups (broad SMARTS) is 1. The number of nitrogens with zero attached hydrogens (tertiary/aromatic N) is 3. The number of aromatic carboxylic acids is 1. The van der Waals surface area contributed by atoms with Crippen LogP contribution in [0.2, 0.25) is 0 Å². The van der Waals surface area contributed by atoms with Gasteiger partial charge in [-0.1, -0.05) is 0 Å². The summed E-state index contributed by atoms with van der Waals surface area (Å²) >= 11 is 0. The van der Waals surface area contributed by atoms with Crippen molar-refractivity contribution >= 4 is 5.97 Å². The van der Waals surface area contributed by atoms with Gasteiger partial charge in [-0.05, 0) is 25.9 Å². The Kier molecular flexibility index (Phi) is 2.91. The molecule has 0 spiro atoms. The Labute approximate surface area is 87.8 Å². The van der Waals surface area contributed by atoms with Crippen molar-refractivity contribution < 1.29 is 9.90 Å². The van der Waals surface area contributed by atoms with Crippen molar-refractivity contribution in [2.24, 2.45) is 0 Å². The van der Waals surface area contributed by atoms with E-state index in [0.29, 0.717) is 0 Å². The lowest BCUT2D eigenvalue weighted by Crippen LogP contribution is -2.19. The first-order valence-electron chi connectivity index (χ1n) is 5.02. The van der Waals surface area contributed by atoms with Crippen LogP contribution in [0.15, 0.2) is 12.4 Å². The Hall–Kier alpha value is -1.49. The smallest absolute Gasteiger partial charge is 0.356 e. The Morgan fingerprint density at radius 2 is 2.07 bits per heavy atom. The van der Waals surface area contributed by atoms with Crippen molar-refractivity contribution in [3.63, 3.8) is 0 Å². The number of carbonyl (C=O) groups is 1. The second kappa shape index (κ2) is 4.35. The number of hydrogen-bond acceptors (Lipinski definition) is 4. The molecular formula is C10H13N3O2. The van der Waals surface area contributed by atoms with Gasteiger partial charge < -0.3 is 5.11 Å². The van der Waals surface area contributed by atoms with Gasteiger partial charge in [0.2, 0.25) is 0 Å². The summed E-state index contributed by atoms with van der Waals surface area (Å²) in [6, 6.07) is 0. The zero-order valence-electron chi connectivity index (χ0n) is 8.39. The van der Waals surface area contributed by atoms with Crippen molar-refractivity contribution in [3.8, 4) is 0 Å². The first-order chi connectivity index (χ1) is 7.25. The van der Waals surface area contributed by atoms with Gasteiger partial charge in [0.05, 0.1) is 18.1 Å². The third-order valence-electron chi connectivity index (χ3n) is 2.51. The molecule has 1 aliphatic heterocycles. The number of likely N-dealkylation sites (tertiary alicyclic amines) is 1. The largest absolute Gasteiger partial charge is 0.476 e. The van der Waals surface area contributed by atoms with Gasteiger partial charge in [-0.2, -0.15) is 0 Å². The molecule has 0 unspecified atom stereocenters. The van der Waals surface area contributed by atoms with E-state index >= 15 is 0 Å². The maximum Gasteiger partial charge on any atom is 0.356 e. The third kappa shape index (κ3) is 2.50. The van der Waals surface area contributed by atoms with E-state index in [0.717, 1.165) is 25.3 Å². The van der Waals surface area contributed by atoms with Gasteiger partial charge in [0.15, 0.2) is 5.69 Å². The van der Waals surface area contributed by atoms with E-state index in [1.54, 1.807) is 6.20 Å². The minimum absolute atomic E-state index is 0.000159. The van der Waals surface area contributed by atoms with Gasteiger partial charge in [-0.25, -0.2) is 9.78 Å². The fraction of sp³-hybridized carbons (Fsp3) is 0.500. The van der Waals surface area contributed by atoms with Crippen molar-refractivity contribution in [1.82, 2.24) is 14.9 Å². The summed E-state index contributed by atoms with van der Waals surface area (Å²) in [5.41, 5.74) is 0.835. The first-order valence-corrected chi connectivity index (χ1v) is 5.02. The summed E-state index contributed by atoms with van der Waals surface area (Å²) in [6.45, 7) is 2.97. The molecule has 1 fully saturated rings. The number of rotatable bonds is 3. The molecule has 1 aliphatic rings. The second-order valence-electron chi connectivity index (χ2n) is 3.68. The second-order valence-corrected chi connectivity index (χ2v) is 3.68. The van der Waals surface area contributed by atoms with Crippen molar-refractivity contribution in [2.45, 2.75) is 19.4 Å². The Morgan fingerprint density at radius 1 is 1.33 bits per heavy atom. The van der Waals surface area contributed by atoms with Crippen molar-refractivity contribution in [2.75, 3.05) is 13.1 Å². The predicted octanol–water partition coefficient (Wildman–Crippen LogP) is 0.771. The van der Waals surface area contributed by atoms with Crippen LogP contribution < -0.4 is 0 Å². The fourth-order valence-corrected chi connectivity index (χ4v) is 1.72. The van der Waals surface area contributed by atoms with Crippen LogP contribution in [0.25, 0.3) is 0 Å². The van der Waals surface area contributed by atoms with E-state index in [2.05, 4.69) is 14.9 Å². The lowest BCUT2D eigenvalue weighted by atomic mass is 10.4. The highest BCUT2D eigenvalue weighted by Gasteiger charge is 2.13. The average molecular weight is 207 g/mol. The highest BCUT2D eigenvalue weighted by molar-refractivity contribution is 5.84. The van der Waals surface area contributed by atoms with Crippen LogP contribution in [0, 0.1) is 0 Å². The van der Waals surface area contributed by atoms with Crippen LogP contribution in [-0.2, 0) is 6.54 Å². The van der Waals surface area contributed by atoms with Crippen LogP contribution in [-0.4, -0.2) is 39.0 Å². The standard InChI is InChI=1S/C10H13N3O2/c14-10(15)9-6-11-8(5-12-9)7-13-3-1-2-4-13/h5-6H,1-4,7H2,(H,14,15). The summed E-state index contributed by atoms with van der Waals surface area (Å²) < 4.78 is 0. The molecule has 0 aliphatic carbocycles. The van der Waals surface area contributed by atoms with Crippen LogP contribution in [0.3, 0.4) is 0 Å². The number of aromatic nitrogens is 2. The molecule has 5 heteroatoms. The van der Waals surface area contributed by atoms with Crippen LogP contribution in [0.4, 0.5) is 0 Å². The van der Waals surface area contributed by atoms with Gasteiger partial charge in [-0.3, -0.25) is 9.88 Å². The van der Waals surface area contributed by atoms with Crippen LogP contribution in [0.1, 0.15) is 29.0 Å². The maximum atomic E-state index is 10.5. The summed E-state index contributed by atoms with van der Waals surface area (Å²) in [5, 5.41) is 8.65. The molecule has 1 aromatic heterocycles. The van der Waals surface area contributed by atoms with Crippen LogP contribution >= 0.6 is 0 Å². The zero-order chi connectivity index (χ0) is 10.7. The zero-order valence-corrected chi connectivity index (χ0v) is 8.39. The molecule has 1 aromatic rings. The summed E-state index contributed by atoms with van der Waals surface area (Å²) in [7, 11) is 0. The van der Waals surface area contributed by atoms with E-state index in [9.17, 15) is 4.79 Å². The molecule has 1 saturated heterocycles. The topological polar surface area (TPSA) is 66.3 Å². The quantitative estimate of drug-likeness (QED) is 0.793. The monoisotopic (exact) mass is 207 g/mol. The number of carboxylic acids is 1. The fourth-order valence-electron chi connectivity index (χ4n) is 1.72. The van der Waals surface area contributed by atoms with Gasteiger partial charge >= 0.3 is 5.97 Å². The highest BCUT2D eigenvalue weighted by atomic mass is 16.4. The van der Waals surface area contributed by atoms with Gasteiger partial charge in [0, 0.05) is 6.54 Å². The molecule has 1 N–H and O–H groups in total. The van der Waals surface area contributed by atoms with E-state index in [4.69, 9.17) is 5.11 Å². The molecule has 2 heterocycles. The highest BCUT2D eigenvalue weighted by Crippen LogP contribution is 2.10. The molecule has 0 atom stereocenters. The SMILES string of the molecule is O=C(O)c1cnc(CN2CCCC2)cn1. The predicted molar refractivity (Wildman–Crippen MR) is 53.5 cm³/mol. The third-order valence-corrected chi connectivity index (χ3v) is 2.51. The van der Waals surface area contributed by atoms with E-state index in [1.807, 2.05) is 0 Å². The minimum atomic E-state index is -1.03. The molecule has 15 heavy (non-hydrogen) atoms. The summed E-state index contributed by atoms with van der Waals surface area (Å²) in [4.78, 5) is 20.7. The van der Waals surface area contributed by atoms with Crippen LogP contribution in [0.5, 0.6) is 0 Å². The minimum Gasteiger partial charge on any atom is -0.476 e. The first kappa shape index (κ1) is 10.0. The molecule has 80 valence electrons. The van der Waals surface area contributed by atoms with E-state index in [-0.39, 0.29) is 5.69 Å². The molecule has 0 saturated carbocycles. The van der Waals surface area contributed by atoms with Gasteiger partial charge in [-0.15, -0.1) is 0 Å².